The van der Waals surface area contributed by atoms with Crippen molar-refractivity contribution in [3.05, 3.63) is 72.2 Å². The minimum absolute atomic E-state index is 0.237. The first-order valence-corrected chi connectivity index (χ1v) is 8.33. The molecule has 0 unspecified atom stereocenters. The standard InChI is InChI=1S/C20H20N4O3/c1-26-16-8-5-7-15(10-16)24-19-13-21-17(12-22-19)20(25)23-11-14-6-3-4-9-18(14)27-2/h3-10,12-13H,11H2,1-2H3,(H,22,24)(H,23,25). The van der Waals surface area contributed by atoms with Crippen molar-refractivity contribution >= 4 is 17.4 Å². The number of hydrogen-bond donors (Lipinski definition) is 2. The van der Waals surface area contributed by atoms with Gasteiger partial charge in [-0.3, -0.25) is 4.79 Å². The molecule has 7 heteroatoms. The van der Waals surface area contributed by atoms with Gasteiger partial charge < -0.3 is 20.1 Å². The first-order valence-electron chi connectivity index (χ1n) is 8.33. The van der Waals surface area contributed by atoms with Crippen LogP contribution >= 0.6 is 0 Å². The van der Waals surface area contributed by atoms with E-state index in [1.165, 1.54) is 12.4 Å². The third-order valence-corrected chi connectivity index (χ3v) is 3.86. The summed E-state index contributed by atoms with van der Waals surface area (Å²) in [5.74, 6) is 1.69. The Kier molecular flexibility index (Phi) is 5.84. The molecule has 2 aromatic carbocycles. The molecule has 0 radical (unpaired) electrons. The first kappa shape index (κ1) is 18.2. The van der Waals surface area contributed by atoms with E-state index in [-0.39, 0.29) is 11.6 Å². The van der Waals surface area contributed by atoms with Crippen LogP contribution in [0.4, 0.5) is 11.5 Å². The number of para-hydroxylation sites is 1. The third-order valence-electron chi connectivity index (χ3n) is 3.86. The minimum Gasteiger partial charge on any atom is -0.497 e. The van der Waals surface area contributed by atoms with Crippen LogP contribution in [0.2, 0.25) is 0 Å². The summed E-state index contributed by atoms with van der Waals surface area (Å²) in [4.78, 5) is 20.7. The van der Waals surface area contributed by atoms with Crippen LogP contribution in [0.3, 0.4) is 0 Å². The fourth-order valence-electron chi connectivity index (χ4n) is 2.47. The molecule has 3 rings (SSSR count). The zero-order chi connectivity index (χ0) is 19.1. The number of methoxy groups -OCH3 is 2. The maximum atomic E-state index is 12.3. The molecule has 0 atom stereocenters. The van der Waals surface area contributed by atoms with Crippen molar-refractivity contribution in [2.75, 3.05) is 19.5 Å². The summed E-state index contributed by atoms with van der Waals surface area (Å²) in [7, 11) is 3.21. The Labute approximate surface area is 157 Å². The van der Waals surface area contributed by atoms with E-state index in [0.717, 1.165) is 22.7 Å². The molecular formula is C20H20N4O3. The monoisotopic (exact) mass is 364 g/mol. The normalized spacial score (nSPS) is 10.1. The molecule has 3 aromatic rings. The molecule has 1 amide bonds. The highest BCUT2D eigenvalue weighted by atomic mass is 16.5. The van der Waals surface area contributed by atoms with Crippen molar-refractivity contribution in [1.29, 1.82) is 0 Å². The molecule has 138 valence electrons. The Hall–Kier alpha value is -3.61. The van der Waals surface area contributed by atoms with Crippen LogP contribution in [0, 0.1) is 0 Å². The van der Waals surface area contributed by atoms with Gasteiger partial charge in [0.2, 0.25) is 0 Å². The highest BCUT2D eigenvalue weighted by Gasteiger charge is 2.10. The molecule has 0 saturated heterocycles. The van der Waals surface area contributed by atoms with Gasteiger partial charge in [0.25, 0.3) is 5.91 Å². The van der Waals surface area contributed by atoms with E-state index in [1.54, 1.807) is 14.2 Å². The van der Waals surface area contributed by atoms with E-state index >= 15 is 0 Å². The van der Waals surface area contributed by atoms with Crippen molar-refractivity contribution in [2.24, 2.45) is 0 Å². The van der Waals surface area contributed by atoms with Crippen molar-refractivity contribution in [1.82, 2.24) is 15.3 Å². The lowest BCUT2D eigenvalue weighted by molar-refractivity contribution is 0.0945. The molecule has 0 aliphatic carbocycles. The molecule has 1 heterocycles. The average Bonchev–Trinajstić information content (AvgIpc) is 2.73. The molecule has 0 bridgehead atoms. The molecule has 2 N–H and O–H groups in total. The summed E-state index contributed by atoms with van der Waals surface area (Å²) in [6, 6.07) is 15.0. The fraction of sp³-hybridized carbons (Fsp3) is 0.150. The van der Waals surface area contributed by atoms with Gasteiger partial charge in [0, 0.05) is 23.9 Å². The Bertz CT molecular complexity index is 913. The molecule has 0 aliphatic rings. The first-order chi connectivity index (χ1) is 13.2. The Balaban J connectivity index is 1.61. The lowest BCUT2D eigenvalue weighted by Gasteiger charge is -2.10. The number of rotatable bonds is 7. The summed E-state index contributed by atoms with van der Waals surface area (Å²) in [5, 5.41) is 5.93. The fourth-order valence-corrected chi connectivity index (χ4v) is 2.47. The molecule has 7 nitrogen and oxygen atoms in total. The quantitative estimate of drug-likeness (QED) is 0.670. The third kappa shape index (κ3) is 4.72. The number of aromatic nitrogens is 2. The second kappa shape index (κ2) is 8.66. The highest BCUT2D eigenvalue weighted by Crippen LogP contribution is 2.20. The molecule has 0 saturated carbocycles. The van der Waals surface area contributed by atoms with E-state index in [2.05, 4.69) is 20.6 Å². The summed E-state index contributed by atoms with van der Waals surface area (Å²) in [5.41, 5.74) is 1.94. The van der Waals surface area contributed by atoms with E-state index in [0.29, 0.717) is 12.4 Å². The van der Waals surface area contributed by atoms with E-state index in [1.807, 2.05) is 48.5 Å². The number of nitrogens with zero attached hydrogens (tertiary/aromatic N) is 2. The maximum absolute atomic E-state index is 12.3. The van der Waals surface area contributed by atoms with Gasteiger partial charge >= 0.3 is 0 Å². The Morgan fingerprint density at radius 3 is 2.59 bits per heavy atom. The number of anilines is 2. The van der Waals surface area contributed by atoms with Crippen molar-refractivity contribution in [2.45, 2.75) is 6.54 Å². The zero-order valence-corrected chi connectivity index (χ0v) is 15.1. The van der Waals surface area contributed by atoms with Gasteiger partial charge in [-0.2, -0.15) is 0 Å². The van der Waals surface area contributed by atoms with Gasteiger partial charge in [0.05, 0.1) is 26.6 Å². The number of benzene rings is 2. The number of carbonyl (C=O) groups is 1. The predicted molar refractivity (Wildman–Crippen MR) is 102 cm³/mol. The smallest absolute Gasteiger partial charge is 0.271 e. The van der Waals surface area contributed by atoms with Crippen molar-refractivity contribution in [3.63, 3.8) is 0 Å². The van der Waals surface area contributed by atoms with Crippen LogP contribution in [0.15, 0.2) is 60.9 Å². The molecule has 0 aliphatic heterocycles. The number of hydrogen-bond acceptors (Lipinski definition) is 6. The average molecular weight is 364 g/mol. The molecule has 0 fully saturated rings. The number of ether oxygens (including phenoxy) is 2. The highest BCUT2D eigenvalue weighted by molar-refractivity contribution is 5.92. The topological polar surface area (TPSA) is 85.4 Å². The van der Waals surface area contributed by atoms with E-state index < -0.39 is 0 Å². The van der Waals surface area contributed by atoms with Crippen LogP contribution < -0.4 is 20.1 Å². The summed E-state index contributed by atoms with van der Waals surface area (Å²) in [6.07, 6.45) is 2.94. The van der Waals surface area contributed by atoms with Crippen LogP contribution in [0.25, 0.3) is 0 Å². The van der Waals surface area contributed by atoms with Crippen molar-refractivity contribution in [3.8, 4) is 11.5 Å². The van der Waals surface area contributed by atoms with Gasteiger partial charge in [-0.15, -0.1) is 0 Å². The predicted octanol–water partition coefficient (Wildman–Crippen LogP) is 3.17. The largest absolute Gasteiger partial charge is 0.497 e. The van der Waals surface area contributed by atoms with Gasteiger partial charge in [0.1, 0.15) is 23.0 Å². The van der Waals surface area contributed by atoms with E-state index in [4.69, 9.17) is 9.47 Å². The Morgan fingerprint density at radius 2 is 1.85 bits per heavy atom. The second-order valence-corrected chi connectivity index (χ2v) is 5.64. The number of amides is 1. The molecular weight excluding hydrogens is 344 g/mol. The Morgan fingerprint density at radius 1 is 1.00 bits per heavy atom. The van der Waals surface area contributed by atoms with Gasteiger partial charge in [-0.1, -0.05) is 24.3 Å². The second-order valence-electron chi connectivity index (χ2n) is 5.64. The summed E-state index contributed by atoms with van der Waals surface area (Å²) in [6.45, 7) is 0.342. The number of carbonyl (C=O) groups excluding carboxylic acids is 1. The van der Waals surface area contributed by atoms with Crippen LogP contribution in [0.1, 0.15) is 16.1 Å². The van der Waals surface area contributed by atoms with Gasteiger partial charge in [-0.05, 0) is 18.2 Å². The van der Waals surface area contributed by atoms with Crippen molar-refractivity contribution < 1.29 is 14.3 Å². The van der Waals surface area contributed by atoms with Gasteiger partial charge in [0.15, 0.2) is 0 Å². The van der Waals surface area contributed by atoms with Gasteiger partial charge in [-0.25, -0.2) is 9.97 Å². The molecule has 27 heavy (non-hydrogen) atoms. The SMILES string of the molecule is COc1cccc(Nc2cnc(C(=O)NCc3ccccc3OC)cn2)c1. The molecule has 0 spiro atoms. The zero-order valence-electron chi connectivity index (χ0n) is 15.1. The lowest BCUT2D eigenvalue weighted by atomic mass is 10.2. The molecule has 1 aromatic heterocycles. The van der Waals surface area contributed by atoms with E-state index in [9.17, 15) is 4.79 Å². The summed E-state index contributed by atoms with van der Waals surface area (Å²) >= 11 is 0. The lowest BCUT2D eigenvalue weighted by Crippen LogP contribution is -2.24. The van der Waals surface area contributed by atoms with Crippen LogP contribution in [-0.2, 0) is 6.54 Å². The maximum Gasteiger partial charge on any atom is 0.271 e. The number of nitrogens with one attached hydrogen (secondary N) is 2. The van der Waals surface area contributed by atoms with Crippen LogP contribution in [-0.4, -0.2) is 30.1 Å². The minimum atomic E-state index is -0.304. The van der Waals surface area contributed by atoms with Crippen LogP contribution in [0.5, 0.6) is 11.5 Å². The summed E-state index contributed by atoms with van der Waals surface area (Å²) < 4.78 is 10.5.